The molecule has 0 radical (unpaired) electrons. The minimum absolute atomic E-state index is 0.262. The van der Waals surface area contributed by atoms with Crippen molar-refractivity contribution in [2.24, 2.45) is 5.92 Å². The van der Waals surface area contributed by atoms with E-state index in [4.69, 9.17) is 4.74 Å². The summed E-state index contributed by atoms with van der Waals surface area (Å²) in [6.07, 6.45) is 7.34. The van der Waals surface area contributed by atoms with Gasteiger partial charge in [0, 0.05) is 19.3 Å². The fourth-order valence-corrected chi connectivity index (χ4v) is 1.76. The van der Waals surface area contributed by atoms with Crippen molar-refractivity contribution in [1.29, 1.82) is 0 Å². The van der Waals surface area contributed by atoms with Crippen molar-refractivity contribution in [1.82, 2.24) is 0 Å². The van der Waals surface area contributed by atoms with E-state index in [1.165, 1.54) is 6.92 Å². The second-order valence-corrected chi connectivity index (χ2v) is 3.57. The van der Waals surface area contributed by atoms with Gasteiger partial charge in [-0.25, -0.2) is 0 Å². The molecule has 0 fully saturated rings. The van der Waals surface area contributed by atoms with Crippen LogP contribution in [0.2, 0.25) is 0 Å². The number of hydrogen-bond acceptors (Lipinski definition) is 3. The summed E-state index contributed by atoms with van der Waals surface area (Å²) in [5.41, 5.74) is 0. The van der Waals surface area contributed by atoms with E-state index in [2.05, 4.69) is 0 Å². The van der Waals surface area contributed by atoms with Gasteiger partial charge in [-0.1, -0.05) is 0 Å². The predicted octanol–water partition coefficient (Wildman–Crippen LogP) is 2.21. The lowest BCUT2D eigenvalue weighted by atomic mass is 9.90. The fourth-order valence-electron chi connectivity index (χ4n) is 1.76. The molecule has 3 nitrogen and oxygen atoms in total. The smallest absolute Gasteiger partial charge is 0.307 e. The van der Waals surface area contributed by atoms with Crippen LogP contribution in [0.15, 0.2) is 11.8 Å². The van der Waals surface area contributed by atoms with E-state index in [1.807, 2.05) is 6.08 Å². The molecule has 3 heteroatoms. The largest absolute Gasteiger partial charge is 0.431 e. The van der Waals surface area contributed by atoms with Crippen LogP contribution in [0.3, 0.4) is 0 Å². The number of aldehydes is 1. The maximum atomic E-state index is 10.8. The molecule has 1 atom stereocenters. The zero-order valence-corrected chi connectivity index (χ0v) is 8.49. The second-order valence-electron chi connectivity index (χ2n) is 3.57. The number of hydrogen-bond donors (Lipinski definition) is 0. The minimum atomic E-state index is -0.269. The van der Waals surface area contributed by atoms with Crippen LogP contribution in [0.5, 0.6) is 0 Å². The Kier molecular flexibility index (Phi) is 4.36. The van der Waals surface area contributed by atoms with Gasteiger partial charge in [-0.2, -0.15) is 0 Å². The summed E-state index contributed by atoms with van der Waals surface area (Å²) in [5, 5.41) is 0. The van der Waals surface area contributed by atoms with Crippen molar-refractivity contribution < 1.29 is 14.3 Å². The van der Waals surface area contributed by atoms with E-state index in [0.717, 1.165) is 37.7 Å². The molecule has 0 aliphatic heterocycles. The normalized spacial score (nSPS) is 21.2. The Morgan fingerprint density at radius 2 is 2.50 bits per heavy atom. The highest BCUT2D eigenvalue weighted by Gasteiger charge is 2.19. The highest BCUT2D eigenvalue weighted by atomic mass is 16.5. The number of carbonyl (C=O) groups is 2. The zero-order valence-electron chi connectivity index (χ0n) is 8.49. The topological polar surface area (TPSA) is 43.4 Å². The monoisotopic (exact) mass is 196 g/mol. The molecule has 0 saturated carbocycles. The Hall–Kier alpha value is -1.12. The van der Waals surface area contributed by atoms with Gasteiger partial charge in [-0.05, 0) is 31.8 Å². The van der Waals surface area contributed by atoms with E-state index in [1.54, 1.807) is 0 Å². The molecular formula is C11H16O3. The summed E-state index contributed by atoms with van der Waals surface area (Å²) in [5.74, 6) is 0.762. The molecule has 0 saturated heterocycles. The molecule has 0 N–H and O–H groups in total. The van der Waals surface area contributed by atoms with Gasteiger partial charge in [0.1, 0.15) is 12.0 Å². The van der Waals surface area contributed by atoms with E-state index in [0.29, 0.717) is 6.42 Å². The minimum Gasteiger partial charge on any atom is -0.431 e. The second kappa shape index (κ2) is 5.58. The molecule has 78 valence electrons. The van der Waals surface area contributed by atoms with Crippen LogP contribution in [0.1, 0.15) is 39.0 Å². The molecule has 0 amide bonds. The number of ether oxygens (including phenoxy) is 1. The van der Waals surface area contributed by atoms with Crippen LogP contribution >= 0.6 is 0 Å². The van der Waals surface area contributed by atoms with Crippen molar-refractivity contribution in [2.45, 2.75) is 39.0 Å². The highest BCUT2D eigenvalue weighted by molar-refractivity contribution is 5.67. The van der Waals surface area contributed by atoms with E-state index >= 15 is 0 Å². The van der Waals surface area contributed by atoms with Gasteiger partial charge in [0.2, 0.25) is 0 Å². The number of allylic oxidation sites excluding steroid dienone is 2. The third kappa shape index (κ3) is 3.32. The highest BCUT2D eigenvalue weighted by Crippen LogP contribution is 2.29. The van der Waals surface area contributed by atoms with Crippen LogP contribution < -0.4 is 0 Å². The molecule has 0 aromatic heterocycles. The lowest BCUT2D eigenvalue weighted by Gasteiger charge is -2.22. The lowest BCUT2D eigenvalue weighted by molar-refractivity contribution is -0.137. The maximum Gasteiger partial charge on any atom is 0.307 e. The molecule has 0 aromatic carbocycles. The molecule has 0 heterocycles. The Bertz CT molecular complexity index is 243. The Labute approximate surface area is 84.1 Å². The lowest BCUT2D eigenvalue weighted by Crippen LogP contribution is -2.13. The Morgan fingerprint density at radius 3 is 3.14 bits per heavy atom. The molecule has 1 aliphatic rings. The summed E-state index contributed by atoms with van der Waals surface area (Å²) < 4.78 is 5.11. The molecule has 0 aromatic rings. The maximum absolute atomic E-state index is 10.8. The van der Waals surface area contributed by atoms with Crippen LogP contribution in [-0.4, -0.2) is 12.3 Å². The van der Waals surface area contributed by atoms with Gasteiger partial charge >= 0.3 is 5.97 Å². The van der Waals surface area contributed by atoms with Gasteiger partial charge < -0.3 is 9.53 Å². The molecule has 0 spiro atoms. The SMILES string of the molecule is CC(=O)OC1=CCCCC1CCC=O. The predicted molar refractivity (Wildman–Crippen MR) is 52.5 cm³/mol. The standard InChI is InChI=1S/C11H16O3/c1-9(13)14-11-7-3-2-5-10(11)6-4-8-12/h7-8,10H,2-6H2,1H3. The van der Waals surface area contributed by atoms with Crippen LogP contribution in [-0.2, 0) is 14.3 Å². The van der Waals surface area contributed by atoms with Crippen molar-refractivity contribution >= 4 is 12.3 Å². The summed E-state index contributed by atoms with van der Waals surface area (Å²) in [4.78, 5) is 21.0. The van der Waals surface area contributed by atoms with Crippen molar-refractivity contribution in [2.75, 3.05) is 0 Å². The zero-order chi connectivity index (χ0) is 10.4. The Balaban J connectivity index is 2.52. The number of esters is 1. The summed E-state index contributed by atoms with van der Waals surface area (Å²) in [7, 11) is 0. The average Bonchev–Trinajstić information content (AvgIpc) is 2.16. The third-order valence-corrected chi connectivity index (χ3v) is 2.40. The molecule has 1 aliphatic carbocycles. The van der Waals surface area contributed by atoms with E-state index in [-0.39, 0.29) is 11.9 Å². The van der Waals surface area contributed by atoms with Crippen molar-refractivity contribution in [3.63, 3.8) is 0 Å². The first-order valence-corrected chi connectivity index (χ1v) is 5.06. The summed E-state index contributed by atoms with van der Waals surface area (Å²) in [6.45, 7) is 1.41. The Morgan fingerprint density at radius 1 is 1.71 bits per heavy atom. The van der Waals surface area contributed by atoms with Gasteiger partial charge in [-0.3, -0.25) is 4.79 Å². The van der Waals surface area contributed by atoms with E-state index in [9.17, 15) is 9.59 Å². The van der Waals surface area contributed by atoms with Gasteiger partial charge in [-0.15, -0.1) is 0 Å². The molecular weight excluding hydrogens is 180 g/mol. The van der Waals surface area contributed by atoms with E-state index < -0.39 is 0 Å². The van der Waals surface area contributed by atoms with Gasteiger partial charge in [0.15, 0.2) is 0 Å². The van der Waals surface area contributed by atoms with Crippen LogP contribution in [0, 0.1) is 5.92 Å². The first kappa shape index (κ1) is 11.0. The third-order valence-electron chi connectivity index (χ3n) is 2.40. The van der Waals surface area contributed by atoms with Crippen LogP contribution in [0.4, 0.5) is 0 Å². The first-order chi connectivity index (χ1) is 6.74. The van der Waals surface area contributed by atoms with Gasteiger partial charge in [0.25, 0.3) is 0 Å². The fraction of sp³-hybridized carbons (Fsp3) is 0.636. The average molecular weight is 196 g/mol. The van der Waals surface area contributed by atoms with Crippen LogP contribution in [0.25, 0.3) is 0 Å². The molecule has 14 heavy (non-hydrogen) atoms. The number of carbonyl (C=O) groups excluding carboxylic acids is 2. The van der Waals surface area contributed by atoms with Crippen molar-refractivity contribution in [3.8, 4) is 0 Å². The van der Waals surface area contributed by atoms with Crippen molar-refractivity contribution in [3.05, 3.63) is 11.8 Å². The molecule has 0 bridgehead atoms. The summed E-state index contributed by atoms with van der Waals surface area (Å²) >= 11 is 0. The van der Waals surface area contributed by atoms with Gasteiger partial charge in [0.05, 0.1) is 0 Å². The number of rotatable bonds is 4. The first-order valence-electron chi connectivity index (χ1n) is 5.06. The quantitative estimate of drug-likeness (QED) is 0.511. The molecule has 1 rings (SSSR count). The molecule has 1 unspecified atom stereocenters. The summed E-state index contributed by atoms with van der Waals surface area (Å²) in [6, 6.07) is 0.